The summed E-state index contributed by atoms with van der Waals surface area (Å²) < 4.78 is 27.8. The first-order chi connectivity index (χ1) is 15.6. The molecule has 2 unspecified atom stereocenters. The van der Waals surface area contributed by atoms with Crippen LogP contribution in [0.2, 0.25) is 5.02 Å². The van der Waals surface area contributed by atoms with Crippen LogP contribution >= 0.6 is 11.6 Å². The lowest BCUT2D eigenvalue weighted by Crippen LogP contribution is -2.49. The summed E-state index contributed by atoms with van der Waals surface area (Å²) in [5, 5.41) is 13.9. The first-order valence-corrected chi connectivity index (χ1v) is 12.5. The van der Waals surface area contributed by atoms with Crippen molar-refractivity contribution in [3.63, 3.8) is 0 Å². The molecule has 2 aromatic carbocycles. The minimum Gasteiger partial charge on any atom is -0.323 e. The second-order valence-corrected chi connectivity index (χ2v) is 10.4. The summed E-state index contributed by atoms with van der Waals surface area (Å²) in [6.45, 7) is 5.16. The van der Waals surface area contributed by atoms with E-state index in [-0.39, 0.29) is 39.7 Å². The van der Waals surface area contributed by atoms with E-state index in [1.165, 1.54) is 18.2 Å². The smallest absolute Gasteiger partial charge is 0.271 e. The summed E-state index contributed by atoms with van der Waals surface area (Å²) in [6.07, 6.45) is 1.67. The molecule has 1 saturated heterocycles. The number of rotatable bonds is 8. The van der Waals surface area contributed by atoms with Crippen molar-refractivity contribution in [1.82, 2.24) is 9.62 Å². The number of piperidine rings is 1. The average Bonchev–Trinajstić information content (AvgIpc) is 2.79. The lowest BCUT2D eigenvalue weighted by Gasteiger charge is -2.36. The van der Waals surface area contributed by atoms with Gasteiger partial charge >= 0.3 is 0 Å². The fourth-order valence-corrected chi connectivity index (χ4v) is 5.05. The first kappa shape index (κ1) is 25.1. The van der Waals surface area contributed by atoms with Gasteiger partial charge in [-0.25, -0.2) is 13.1 Å². The number of aryl methyl sites for hydroxylation is 1. The number of nitro benzene ring substituents is 1. The highest BCUT2D eigenvalue weighted by Gasteiger charge is 2.29. The molecule has 11 heteroatoms. The summed E-state index contributed by atoms with van der Waals surface area (Å²) in [7, 11) is -3.60. The number of benzene rings is 2. The van der Waals surface area contributed by atoms with Crippen molar-refractivity contribution >= 4 is 38.9 Å². The molecular formula is C22H27ClN4O5S. The molecule has 0 bridgehead atoms. The maximum Gasteiger partial charge on any atom is 0.271 e. The molecule has 9 nitrogen and oxygen atoms in total. The molecule has 3 rings (SSSR count). The Morgan fingerprint density at radius 3 is 2.64 bits per heavy atom. The molecule has 0 saturated carbocycles. The van der Waals surface area contributed by atoms with Crippen LogP contribution in [0, 0.1) is 23.0 Å². The van der Waals surface area contributed by atoms with Crippen molar-refractivity contribution in [3.05, 3.63) is 63.2 Å². The lowest BCUT2D eigenvalue weighted by atomic mass is 9.97. The highest BCUT2D eigenvalue weighted by molar-refractivity contribution is 7.89. The number of likely N-dealkylation sites (tertiary alicyclic amines) is 1. The Labute approximate surface area is 198 Å². The lowest BCUT2D eigenvalue weighted by molar-refractivity contribution is -0.384. The molecule has 178 valence electrons. The molecule has 0 aliphatic carbocycles. The standard InChI is InChI=1S/C22H27ClN4O5S/c1-15-5-8-19(9-6-15)33(31,32)24-13-17-4-3-11-26(14-17)16(2)22(28)25-21-12-18(27(29)30)7-10-20(21)23/h5-10,12,16-17,24H,3-4,11,13-14H2,1-2H3,(H,25,28). The van der Waals surface area contributed by atoms with E-state index < -0.39 is 21.0 Å². The van der Waals surface area contributed by atoms with Gasteiger partial charge in [-0.15, -0.1) is 0 Å². The highest BCUT2D eigenvalue weighted by atomic mass is 35.5. The molecule has 1 aliphatic rings. The quantitative estimate of drug-likeness (QED) is 0.427. The van der Waals surface area contributed by atoms with Gasteiger partial charge in [0.2, 0.25) is 15.9 Å². The maximum atomic E-state index is 12.8. The maximum absolute atomic E-state index is 12.8. The number of nitro groups is 1. The van der Waals surface area contributed by atoms with Crippen LogP contribution in [0.25, 0.3) is 0 Å². The Morgan fingerprint density at radius 2 is 1.97 bits per heavy atom. The molecule has 2 N–H and O–H groups in total. The van der Waals surface area contributed by atoms with Crippen LogP contribution in [0.4, 0.5) is 11.4 Å². The fourth-order valence-electron chi connectivity index (χ4n) is 3.77. The van der Waals surface area contributed by atoms with Crippen LogP contribution in [0.15, 0.2) is 47.4 Å². The summed E-state index contributed by atoms with van der Waals surface area (Å²) in [5.41, 5.74) is 0.999. The van der Waals surface area contributed by atoms with Crippen LogP contribution in [0.3, 0.4) is 0 Å². The van der Waals surface area contributed by atoms with Crippen LogP contribution in [-0.4, -0.2) is 49.8 Å². The third kappa shape index (κ3) is 6.50. The number of carbonyl (C=O) groups excluding carboxylic acids is 1. The van der Waals surface area contributed by atoms with Crippen LogP contribution < -0.4 is 10.0 Å². The molecule has 0 radical (unpaired) electrons. The summed E-state index contributed by atoms with van der Waals surface area (Å²) in [4.78, 5) is 25.4. The molecule has 1 amide bonds. The van der Waals surface area contributed by atoms with Crippen LogP contribution in [0.1, 0.15) is 25.3 Å². The zero-order chi connectivity index (χ0) is 24.2. The Kier molecular flexibility index (Phi) is 8.06. The fraction of sp³-hybridized carbons (Fsp3) is 0.409. The molecule has 1 heterocycles. The molecule has 2 aromatic rings. The normalized spacial score (nSPS) is 18.0. The summed E-state index contributed by atoms with van der Waals surface area (Å²) in [5.74, 6) is -0.283. The average molecular weight is 495 g/mol. The Hall–Kier alpha value is -2.53. The topological polar surface area (TPSA) is 122 Å². The van der Waals surface area contributed by atoms with Gasteiger partial charge in [0, 0.05) is 25.2 Å². The minimum atomic E-state index is -3.60. The highest BCUT2D eigenvalue weighted by Crippen LogP contribution is 2.27. The van der Waals surface area contributed by atoms with Crippen molar-refractivity contribution in [1.29, 1.82) is 0 Å². The Balaban J connectivity index is 1.59. The van der Waals surface area contributed by atoms with Gasteiger partial charge in [-0.3, -0.25) is 19.8 Å². The number of nitrogens with one attached hydrogen (secondary N) is 2. The Bertz CT molecular complexity index is 1120. The second-order valence-electron chi connectivity index (χ2n) is 8.25. The van der Waals surface area contributed by atoms with Gasteiger partial charge < -0.3 is 5.32 Å². The van der Waals surface area contributed by atoms with Gasteiger partial charge in [-0.2, -0.15) is 0 Å². The number of hydrogen-bond acceptors (Lipinski definition) is 6. The van der Waals surface area contributed by atoms with E-state index in [2.05, 4.69) is 10.0 Å². The van der Waals surface area contributed by atoms with Crippen molar-refractivity contribution in [2.45, 2.75) is 37.6 Å². The zero-order valence-corrected chi connectivity index (χ0v) is 20.0. The SMILES string of the molecule is Cc1ccc(S(=O)(=O)NCC2CCCN(C(C)C(=O)Nc3cc([N+](=O)[O-])ccc3Cl)C2)cc1. The third-order valence-electron chi connectivity index (χ3n) is 5.79. The number of non-ortho nitro benzene ring substituents is 1. The Morgan fingerprint density at radius 1 is 1.27 bits per heavy atom. The largest absolute Gasteiger partial charge is 0.323 e. The van der Waals surface area contributed by atoms with Crippen LogP contribution in [0.5, 0.6) is 0 Å². The first-order valence-electron chi connectivity index (χ1n) is 10.6. The van der Waals surface area contributed by atoms with E-state index >= 15 is 0 Å². The van der Waals surface area contributed by atoms with E-state index in [0.29, 0.717) is 13.1 Å². The number of carbonyl (C=O) groups is 1. The van der Waals surface area contributed by atoms with Gasteiger partial charge in [0.1, 0.15) is 0 Å². The number of nitrogens with zero attached hydrogens (tertiary/aromatic N) is 2. The number of amides is 1. The monoisotopic (exact) mass is 494 g/mol. The van der Waals surface area contributed by atoms with Gasteiger partial charge in [0.25, 0.3) is 5.69 Å². The molecule has 33 heavy (non-hydrogen) atoms. The molecule has 1 fully saturated rings. The van der Waals surface area contributed by atoms with Crippen molar-refractivity contribution < 1.29 is 18.1 Å². The van der Waals surface area contributed by atoms with E-state index in [9.17, 15) is 23.3 Å². The minimum absolute atomic E-state index is 0.0515. The third-order valence-corrected chi connectivity index (χ3v) is 7.56. The molecule has 2 atom stereocenters. The van der Waals surface area contributed by atoms with E-state index in [4.69, 9.17) is 11.6 Å². The number of anilines is 1. The molecule has 1 aliphatic heterocycles. The van der Waals surface area contributed by atoms with Gasteiger partial charge in [0.05, 0.1) is 26.6 Å². The molecule has 0 spiro atoms. The summed E-state index contributed by atoms with van der Waals surface area (Å²) in [6, 6.07) is 10.0. The van der Waals surface area contributed by atoms with Crippen molar-refractivity contribution in [2.24, 2.45) is 5.92 Å². The predicted octanol–water partition coefficient (Wildman–Crippen LogP) is 3.57. The second kappa shape index (κ2) is 10.6. The predicted molar refractivity (Wildman–Crippen MR) is 127 cm³/mol. The summed E-state index contributed by atoms with van der Waals surface area (Å²) >= 11 is 6.09. The number of halogens is 1. The number of sulfonamides is 1. The zero-order valence-electron chi connectivity index (χ0n) is 18.5. The van der Waals surface area contributed by atoms with Crippen molar-refractivity contribution in [3.8, 4) is 0 Å². The van der Waals surface area contributed by atoms with Gasteiger partial charge in [-0.1, -0.05) is 29.3 Å². The molecular weight excluding hydrogens is 468 g/mol. The van der Waals surface area contributed by atoms with Gasteiger partial charge in [-0.05, 0) is 57.4 Å². The molecule has 0 aromatic heterocycles. The van der Waals surface area contributed by atoms with Crippen molar-refractivity contribution in [2.75, 3.05) is 25.0 Å². The van der Waals surface area contributed by atoms with Gasteiger partial charge in [0.15, 0.2) is 0 Å². The van der Waals surface area contributed by atoms with Crippen LogP contribution in [-0.2, 0) is 14.8 Å². The van der Waals surface area contributed by atoms with E-state index in [0.717, 1.165) is 18.4 Å². The number of hydrogen-bond donors (Lipinski definition) is 2. The van der Waals surface area contributed by atoms with E-state index in [1.807, 2.05) is 11.8 Å². The van der Waals surface area contributed by atoms with E-state index in [1.54, 1.807) is 31.2 Å².